The largest absolute Gasteiger partial charge is 0.493 e. The number of benzene rings is 2. The van der Waals surface area contributed by atoms with Crippen molar-refractivity contribution in [3.05, 3.63) is 41.5 Å². The van der Waals surface area contributed by atoms with Gasteiger partial charge in [-0.05, 0) is 55.2 Å². The lowest BCUT2D eigenvalue weighted by Gasteiger charge is -2.28. The molecule has 0 saturated carbocycles. The van der Waals surface area contributed by atoms with Crippen molar-refractivity contribution in [3.63, 3.8) is 0 Å². The number of hydrogen-bond donors (Lipinski definition) is 1. The third kappa shape index (κ3) is 3.14. The Bertz CT molecular complexity index is 815. The van der Waals surface area contributed by atoms with Gasteiger partial charge in [0, 0.05) is 30.4 Å². The lowest BCUT2D eigenvalue weighted by atomic mass is 9.94. The van der Waals surface area contributed by atoms with Crippen LogP contribution in [0.15, 0.2) is 35.5 Å². The van der Waals surface area contributed by atoms with E-state index in [2.05, 4.69) is 35.3 Å². The van der Waals surface area contributed by atoms with Crippen LogP contribution in [0.5, 0.6) is 11.5 Å². The maximum absolute atomic E-state index is 9.14. The molecule has 0 amide bonds. The number of oxime groups is 1. The summed E-state index contributed by atoms with van der Waals surface area (Å²) in [5.41, 5.74) is 5.94. The van der Waals surface area contributed by atoms with E-state index < -0.39 is 0 Å². The first-order valence-corrected chi connectivity index (χ1v) is 8.38. The highest BCUT2D eigenvalue weighted by Crippen LogP contribution is 2.41. The standard InChI is InChI=1S/C20H24N2O3/c1-13(21-23)16-11-17(20(25-4)19(12-16)24-3)14-7-8-18-15(10-14)6-5-9-22(18)2/h7-8,10-12,23H,5-6,9H2,1-4H3/b21-13+. The van der Waals surface area contributed by atoms with Crippen LogP contribution >= 0.6 is 0 Å². The Labute approximate surface area is 148 Å². The van der Waals surface area contributed by atoms with E-state index in [-0.39, 0.29) is 0 Å². The number of methoxy groups -OCH3 is 2. The van der Waals surface area contributed by atoms with Gasteiger partial charge in [-0.1, -0.05) is 11.2 Å². The third-order valence-electron chi connectivity index (χ3n) is 4.79. The molecule has 1 N–H and O–H groups in total. The molecule has 0 bridgehead atoms. The van der Waals surface area contributed by atoms with Gasteiger partial charge in [0.2, 0.25) is 0 Å². The van der Waals surface area contributed by atoms with Gasteiger partial charge in [-0.25, -0.2) is 0 Å². The molecular formula is C20H24N2O3. The maximum Gasteiger partial charge on any atom is 0.168 e. The molecule has 3 rings (SSSR count). The topological polar surface area (TPSA) is 54.3 Å². The number of nitrogens with zero attached hydrogens (tertiary/aromatic N) is 2. The molecule has 0 unspecified atom stereocenters. The molecule has 0 aliphatic carbocycles. The molecule has 0 atom stereocenters. The summed E-state index contributed by atoms with van der Waals surface area (Å²) in [6, 6.07) is 10.3. The molecule has 1 heterocycles. The second-order valence-corrected chi connectivity index (χ2v) is 6.31. The molecule has 5 nitrogen and oxygen atoms in total. The van der Waals surface area contributed by atoms with Crippen molar-refractivity contribution in [2.45, 2.75) is 19.8 Å². The van der Waals surface area contributed by atoms with Crippen LogP contribution < -0.4 is 14.4 Å². The zero-order valence-electron chi connectivity index (χ0n) is 15.2. The minimum atomic E-state index is 0.528. The van der Waals surface area contributed by atoms with Crippen molar-refractivity contribution in [1.29, 1.82) is 0 Å². The van der Waals surface area contributed by atoms with E-state index in [1.54, 1.807) is 21.1 Å². The first-order valence-electron chi connectivity index (χ1n) is 8.38. The van der Waals surface area contributed by atoms with Gasteiger partial charge in [0.15, 0.2) is 11.5 Å². The molecule has 132 valence electrons. The Kier molecular flexibility index (Phi) is 4.83. The third-order valence-corrected chi connectivity index (χ3v) is 4.79. The molecule has 0 saturated heterocycles. The van der Waals surface area contributed by atoms with E-state index in [0.717, 1.165) is 36.1 Å². The summed E-state index contributed by atoms with van der Waals surface area (Å²) in [6.07, 6.45) is 2.23. The first-order chi connectivity index (χ1) is 12.1. The monoisotopic (exact) mass is 340 g/mol. The fraction of sp³-hybridized carbons (Fsp3) is 0.350. The smallest absolute Gasteiger partial charge is 0.168 e. The lowest BCUT2D eigenvalue weighted by molar-refractivity contribution is 0.319. The van der Waals surface area contributed by atoms with Crippen LogP contribution in [-0.4, -0.2) is 38.7 Å². The summed E-state index contributed by atoms with van der Waals surface area (Å²) in [5, 5.41) is 12.5. The fourth-order valence-electron chi connectivity index (χ4n) is 3.40. The number of anilines is 1. The van der Waals surface area contributed by atoms with Gasteiger partial charge < -0.3 is 19.6 Å². The second-order valence-electron chi connectivity index (χ2n) is 6.31. The second kappa shape index (κ2) is 7.05. The number of ether oxygens (including phenoxy) is 2. The summed E-state index contributed by atoms with van der Waals surface area (Å²) < 4.78 is 11.1. The van der Waals surface area contributed by atoms with Gasteiger partial charge in [-0.3, -0.25) is 0 Å². The molecule has 0 aromatic heterocycles. The maximum atomic E-state index is 9.14. The fourth-order valence-corrected chi connectivity index (χ4v) is 3.40. The van der Waals surface area contributed by atoms with Gasteiger partial charge in [-0.2, -0.15) is 0 Å². The van der Waals surface area contributed by atoms with E-state index >= 15 is 0 Å². The summed E-state index contributed by atoms with van der Waals surface area (Å²) in [7, 11) is 5.38. The molecule has 1 aliphatic heterocycles. The number of aryl methyl sites for hydroxylation is 1. The van der Waals surface area contributed by atoms with Crippen LogP contribution in [-0.2, 0) is 6.42 Å². The van der Waals surface area contributed by atoms with Gasteiger partial charge in [0.05, 0.1) is 19.9 Å². The molecule has 0 radical (unpaired) electrons. The summed E-state index contributed by atoms with van der Waals surface area (Å²) in [6.45, 7) is 2.85. The molecule has 5 heteroatoms. The SMILES string of the molecule is COc1cc(/C(C)=N/O)cc(-c2ccc3c(c2)CCCN3C)c1OC. The Hall–Kier alpha value is -2.69. The van der Waals surface area contributed by atoms with Crippen molar-refractivity contribution in [1.82, 2.24) is 0 Å². The Morgan fingerprint density at radius 2 is 1.96 bits per heavy atom. The average Bonchev–Trinajstić information content (AvgIpc) is 2.66. The van der Waals surface area contributed by atoms with Crippen LogP contribution in [0.1, 0.15) is 24.5 Å². The number of fused-ring (bicyclic) bond motifs is 1. The van der Waals surface area contributed by atoms with Crippen molar-refractivity contribution in [2.75, 3.05) is 32.7 Å². The van der Waals surface area contributed by atoms with Gasteiger partial charge in [0.25, 0.3) is 0 Å². The van der Waals surface area contributed by atoms with Crippen molar-refractivity contribution in [2.24, 2.45) is 5.16 Å². The van der Waals surface area contributed by atoms with Crippen molar-refractivity contribution in [3.8, 4) is 22.6 Å². The van der Waals surface area contributed by atoms with E-state index in [9.17, 15) is 0 Å². The molecule has 1 aliphatic rings. The van der Waals surface area contributed by atoms with Crippen LogP contribution in [0, 0.1) is 0 Å². The zero-order valence-corrected chi connectivity index (χ0v) is 15.2. The minimum absolute atomic E-state index is 0.528. The summed E-state index contributed by atoms with van der Waals surface area (Å²) >= 11 is 0. The average molecular weight is 340 g/mol. The number of rotatable bonds is 4. The highest BCUT2D eigenvalue weighted by Gasteiger charge is 2.19. The van der Waals surface area contributed by atoms with Crippen LogP contribution in [0.25, 0.3) is 11.1 Å². The minimum Gasteiger partial charge on any atom is -0.493 e. The highest BCUT2D eigenvalue weighted by atomic mass is 16.5. The van der Waals surface area contributed by atoms with E-state index in [1.165, 1.54) is 11.3 Å². The molecule has 0 fully saturated rings. The predicted octanol–water partition coefficient (Wildman–Crippen LogP) is 3.95. The first kappa shape index (κ1) is 17.1. The molecule has 2 aromatic rings. The normalized spacial score (nSPS) is 14.2. The molecule has 0 spiro atoms. The summed E-state index contributed by atoms with van der Waals surface area (Å²) in [4.78, 5) is 2.29. The van der Waals surface area contributed by atoms with Crippen LogP contribution in [0.4, 0.5) is 5.69 Å². The predicted molar refractivity (Wildman–Crippen MR) is 101 cm³/mol. The van der Waals surface area contributed by atoms with Crippen molar-refractivity contribution < 1.29 is 14.7 Å². The van der Waals surface area contributed by atoms with E-state index in [0.29, 0.717) is 17.2 Å². The van der Waals surface area contributed by atoms with E-state index in [4.69, 9.17) is 14.7 Å². The summed E-state index contributed by atoms with van der Waals surface area (Å²) in [5.74, 6) is 1.30. The zero-order chi connectivity index (χ0) is 18.0. The van der Waals surface area contributed by atoms with Crippen LogP contribution in [0.3, 0.4) is 0 Å². The highest BCUT2D eigenvalue weighted by molar-refractivity contribution is 6.00. The van der Waals surface area contributed by atoms with Gasteiger partial charge >= 0.3 is 0 Å². The van der Waals surface area contributed by atoms with Crippen LogP contribution in [0.2, 0.25) is 0 Å². The lowest BCUT2D eigenvalue weighted by Crippen LogP contribution is -2.24. The molecule has 25 heavy (non-hydrogen) atoms. The Morgan fingerprint density at radius 1 is 1.16 bits per heavy atom. The Balaban J connectivity index is 2.18. The van der Waals surface area contributed by atoms with Crippen molar-refractivity contribution >= 4 is 11.4 Å². The quantitative estimate of drug-likeness (QED) is 0.520. The molecular weight excluding hydrogens is 316 g/mol. The van der Waals surface area contributed by atoms with Gasteiger partial charge in [0.1, 0.15) is 0 Å². The van der Waals surface area contributed by atoms with Gasteiger partial charge in [-0.15, -0.1) is 0 Å². The molecule has 2 aromatic carbocycles. The Morgan fingerprint density at radius 3 is 2.64 bits per heavy atom. The van der Waals surface area contributed by atoms with E-state index in [1.807, 2.05) is 12.1 Å². The number of hydrogen-bond acceptors (Lipinski definition) is 5.